The van der Waals surface area contributed by atoms with Gasteiger partial charge in [0, 0.05) is 37.1 Å². The molecule has 1 saturated heterocycles. The minimum absolute atomic E-state index is 0.0477. The Balaban J connectivity index is 1.07. The van der Waals surface area contributed by atoms with Crippen LogP contribution in [-0.4, -0.2) is 59.6 Å². The summed E-state index contributed by atoms with van der Waals surface area (Å²) in [6, 6.07) is 18.7. The zero-order valence-corrected chi connectivity index (χ0v) is 22.4. The van der Waals surface area contributed by atoms with E-state index in [0.29, 0.717) is 48.1 Å². The lowest BCUT2D eigenvalue weighted by Crippen LogP contribution is -2.49. The van der Waals surface area contributed by atoms with Crippen molar-refractivity contribution >= 4 is 33.9 Å². The summed E-state index contributed by atoms with van der Waals surface area (Å²) in [6.07, 6.45) is 6.13. The van der Waals surface area contributed by atoms with Crippen LogP contribution in [0.2, 0.25) is 0 Å². The first-order valence-corrected chi connectivity index (χ1v) is 13.8. The lowest BCUT2D eigenvalue weighted by atomic mass is 9.81. The van der Waals surface area contributed by atoms with Crippen LogP contribution in [0.1, 0.15) is 39.1 Å². The van der Waals surface area contributed by atoms with Crippen molar-refractivity contribution in [2.45, 2.75) is 25.2 Å². The monoisotopic (exact) mass is 559 g/mol. The first-order chi connectivity index (χ1) is 20.6. The van der Waals surface area contributed by atoms with Crippen LogP contribution >= 0.6 is 0 Å². The van der Waals surface area contributed by atoms with E-state index < -0.39 is 11.6 Å². The average molecular weight is 560 g/mol. The minimum Gasteiger partial charge on any atom is -0.482 e. The SMILES string of the molecule is O=C(OCn1ncc2c1-c1ccccc1OC21CCN(C(=O)c2cccc3[nH]cnc23)CC1)c1cccc2[nH]cnc12. The summed E-state index contributed by atoms with van der Waals surface area (Å²) in [7, 11) is 0. The predicted octanol–water partition coefficient (Wildman–Crippen LogP) is 4.64. The third-order valence-electron chi connectivity index (χ3n) is 8.30. The second kappa shape index (κ2) is 9.30. The fourth-order valence-electron chi connectivity index (χ4n) is 6.20. The molecule has 0 aliphatic carbocycles. The summed E-state index contributed by atoms with van der Waals surface area (Å²) in [5.74, 6) is 0.208. The number of hydrogen-bond donors (Lipinski definition) is 2. The van der Waals surface area contributed by atoms with Gasteiger partial charge in [-0.3, -0.25) is 4.79 Å². The number of imidazole rings is 2. The number of rotatable bonds is 4. The number of benzene rings is 3. The molecule has 1 amide bonds. The van der Waals surface area contributed by atoms with Crippen molar-refractivity contribution in [2.24, 2.45) is 0 Å². The zero-order chi connectivity index (χ0) is 28.3. The van der Waals surface area contributed by atoms with Crippen molar-refractivity contribution in [1.29, 1.82) is 0 Å². The van der Waals surface area contributed by atoms with Crippen LogP contribution in [0.3, 0.4) is 0 Å². The van der Waals surface area contributed by atoms with E-state index in [4.69, 9.17) is 9.47 Å². The van der Waals surface area contributed by atoms with Crippen LogP contribution in [-0.2, 0) is 17.1 Å². The van der Waals surface area contributed by atoms with Crippen LogP contribution < -0.4 is 4.74 Å². The summed E-state index contributed by atoms with van der Waals surface area (Å²) in [5, 5.41) is 4.64. The summed E-state index contributed by atoms with van der Waals surface area (Å²) in [5.41, 5.74) is 5.79. The van der Waals surface area contributed by atoms with Crippen molar-refractivity contribution in [3.05, 3.63) is 96.2 Å². The van der Waals surface area contributed by atoms with Gasteiger partial charge >= 0.3 is 5.97 Å². The molecule has 5 heterocycles. The van der Waals surface area contributed by atoms with E-state index in [-0.39, 0.29) is 12.6 Å². The topological polar surface area (TPSA) is 131 Å². The average Bonchev–Trinajstić information content (AvgIpc) is 3.80. The van der Waals surface area contributed by atoms with E-state index in [1.165, 1.54) is 0 Å². The van der Waals surface area contributed by atoms with Gasteiger partial charge in [0.15, 0.2) is 6.73 Å². The van der Waals surface area contributed by atoms with E-state index in [2.05, 4.69) is 25.0 Å². The number of fused-ring (bicyclic) bond motifs is 6. The highest BCUT2D eigenvalue weighted by Crippen LogP contribution is 2.49. The van der Waals surface area contributed by atoms with Crippen molar-refractivity contribution in [3.63, 3.8) is 0 Å². The fourth-order valence-corrected chi connectivity index (χ4v) is 6.20. The molecule has 1 fully saturated rings. The molecule has 0 radical (unpaired) electrons. The number of piperidine rings is 1. The molecular weight excluding hydrogens is 534 g/mol. The lowest BCUT2D eigenvalue weighted by molar-refractivity contribution is -0.00191. The number of esters is 1. The molecule has 0 saturated carbocycles. The van der Waals surface area contributed by atoms with Crippen molar-refractivity contribution in [2.75, 3.05) is 13.1 Å². The highest BCUT2D eigenvalue weighted by Gasteiger charge is 2.46. The Bertz CT molecular complexity index is 2000. The van der Waals surface area contributed by atoms with Crippen molar-refractivity contribution in [1.82, 2.24) is 34.6 Å². The normalized spacial score (nSPS) is 15.4. The fraction of sp³-hybridized carbons (Fsp3) is 0.194. The van der Waals surface area contributed by atoms with Crippen LogP contribution in [0, 0.1) is 0 Å². The lowest BCUT2D eigenvalue weighted by Gasteiger charge is -2.44. The number of nitrogens with zero attached hydrogens (tertiary/aromatic N) is 5. The highest BCUT2D eigenvalue weighted by atomic mass is 16.5. The first-order valence-electron chi connectivity index (χ1n) is 13.8. The molecule has 11 nitrogen and oxygen atoms in total. The molecule has 2 aliphatic rings. The Labute approximate surface area is 239 Å². The van der Waals surface area contributed by atoms with Gasteiger partial charge in [-0.15, -0.1) is 0 Å². The molecule has 0 unspecified atom stereocenters. The highest BCUT2D eigenvalue weighted by molar-refractivity contribution is 6.05. The van der Waals surface area contributed by atoms with Crippen molar-refractivity contribution in [3.8, 4) is 17.0 Å². The predicted molar refractivity (Wildman–Crippen MR) is 153 cm³/mol. The molecule has 8 rings (SSSR count). The molecule has 3 aromatic carbocycles. The molecule has 0 atom stereocenters. The maximum absolute atomic E-state index is 13.5. The summed E-state index contributed by atoms with van der Waals surface area (Å²) in [6.45, 7) is 0.946. The van der Waals surface area contributed by atoms with E-state index in [9.17, 15) is 9.59 Å². The maximum atomic E-state index is 13.5. The Morgan fingerprint density at radius 3 is 2.33 bits per heavy atom. The molecule has 0 bridgehead atoms. The van der Waals surface area contributed by atoms with Crippen molar-refractivity contribution < 1.29 is 19.1 Å². The number of likely N-dealkylation sites (tertiary alicyclic amines) is 1. The molecule has 1 spiro atoms. The number of ether oxygens (including phenoxy) is 2. The molecule has 42 heavy (non-hydrogen) atoms. The number of aromatic nitrogens is 6. The zero-order valence-electron chi connectivity index (χ0n) is 22.4. The van der Waals surface area contributed by atoms with Gasteiger partial charge in [-0.1, -0.05) is 24.3 Å². The molecule has 6 aromatic rings. The Morgan fingerprint density at radius 2 is 1.57 bits per heavy atom. The van der Waals surface area contributed by atoms with Gasteiger partial charge in [0.2, 0.25) is 0 Å². The van der Waals surface area contributed by atoms with Gasteiger partial charge in [-0.05, 0) is 36.4 Å². The van der Waals surface area contributed by atoms with Crippen LogP contribution in [0.25, 0.3) is 33.3 Å². The molecule has 2 aliphatic heterocycles. The van der Waals surface area contributed by atoms with Crippen LogP contribution in [0.15, 0.2) is 79.5 Å². The quantitative estimate of drug-likeness (QED) is 0.301. The second-order valence-corrected chi connectivity index (χ2v) is 10.6. The summed E-state index contributed by atoms with van der Waals surface area (Å²) < 4.78 is 14.1. The number of H-pyrrole nitrogens is 2. The third-order valence-corrected chi connectivity index (χ3v) is 8.30. The maximum Gasteiger partial charge on any atom is 0.342 e. The Morgan fingerprint density at radius 1 is 0.881 bits per heavy atom. The van der Waals surface area contributed by atoms with Gasteiger partial charge in [-0.25, -0.2) is 19.4 Å². The van der Waals surface area contributed by atoms with Gasteiger partial charge in [0.05, 0.1) is 46.7 Å². The summed E-state index contributed by atoms with van der Waals surface area (Å²) >= 11 is 0. The van der Waals surface area contributed by atoms with Gasteiger partial charge in [0.25, 0.3) is 5.91 Å². The van der Waals surface area contributed by atoms with Crippen LogP contribution in [0.5, 0.6) is 5.75 Å². The van der Waals surface area contributed by atoms with Gasteiger partial charge in [-0.2, -0.15) is 5.10 Å². The Hall–Kier alpha value is -5.45. The minimum atomic E-state index is -0.665. The number of aromatic amines is 2. The van der Waals surface area contributed by atoms with E-state index >= 15 is 0 Å². The van der Waals surface area contributed by atoms with Gasteiger partial charge in [0.1, 0.15) is 22.4 Å². The van der Waals surface area contributed by atoms with E-state index in [1.807, 2.05) is 53.4 Å². The number of nitrogens with one attached hydrogen (secondary N) is 2. The molecule has 3 aromatic heterocycles. The van der Waals surface area contributed by atoms with E-state index in [1.54, 1.807) is 35.7 Å². The number of carbonyl (C=O) groups is 2. The number of hydrogen-bond acceptors (Lipinski definition) is 7. The number of amides is 1. The smallest absolute Gasteiger partial charge is 0.342 e. The number of para-hydroxylation sites is 3. The molecule has 11 heteroatoms. The number of carbonyl (C=O) groups excluding carboxylic acids is 2. The molecule has 208 valence electrons. The molecule has 2 N–H and O–H groups in total. The first kappa shape index (κ1) is 24.4. The standard InChI is InChI=1S/C31H25N7O4/c39-29(20-6-3-8-23-26(20)34-16-32-23)37-13-11-31(12-14-37)22-15-36-38(28(22)19-5-1-2-10-25(19)42-31)18-41-30(40)21-7-4-9-24-27(21)35-17-33-24/h1-10,15-17H,11-14,18H2,(H,32,34)(H,33,35). The van der Waals surface area contributed by atoms with Gasteiger partial charge < -0.3 is 24.3 Å². The second-order valence-electron chi connectivity index (χ2n) is 10.6. The third kappa shape index (κ3) is 3.70. The Kier molecular flexibility index (Phi) is 5.39. The molecular formula is C31H25N7O4. The van der Waals surface area contributed by atoms with Crippen LogP contribution in [0.4, 0.5) is 0 Å². The largest absolute Gasteiger partial charge is 0.482 e. The van der Waals surface area contributed by atoms with E-state index in [0.717, 1.165) is 33.6 Å². The summed E-state index contributed by atoms with van der Waals surface area (Å²) in [4.78, 5) is 43.1.